The lowest BCUT2D eigenvalue weighted by Gasteiger charge is -2.29. The van der Waals surface area contributed by atoms with E-state index in [2.05, 4.69) is 12.1 Å². The van der Waals surface area contributed by atoms with E-state index in [9.17, 15) is 4.79 Å². The molecule has 0 N–H and O–H groups in total. The Kier molecular flexibility index (Phi) is 4.36. The molecule has 0 aromatic carbocycles. The van der Waals surface area contributed by atoms with Crippen LogP contribution in [0, 0.1) is 17.2 Å². The molecule has 0 aliphatic heterocycles. The molecular weight excluding hydrogens is 188 g/mol. The summed E-state index contributed by atoms with van der Waals surface area (Å²) >= 11 is 0. The van der Waals surface area contributed by atoms with Gasteiger partial charge in [0.1, 0.15) is 0 Å². The first-order valence-electron chi connectivity index (χ1n) is 5.48. The van der Waals surface area contributed by atoms with E-state index in [4.69, 9.17) is 5.26 Å². The molecule has 0 bridgehead atoms. The van der Waals surface area contributed by atoms with Gasteiger partial charge in [-0.15, -0.1) is 0 Å². The van der Waals surface area contributed by atoms with Crippen molar-refractivity contribution >= 4 is 5.91 Å². The van der Waals surface area contributed by atoms with Crippen LogP contribution in [0.2, 0.25) is 0 Å². The minimum absolute atomic E-state index is 0.0742. The topological polar surface area (TPSA) is 44.1 Å². The lowest BCUT2D eigenvalue weighted by Crippen LogP contribution is -2.29. The van der Waals surface area contributed by atoms with Crippen molar-refractivity contribution in [2.45, 2.75) is 39.0 Å². The molecule has 0 heterocycles. The van der Waals surface area contributed by atoms with Crippen molar-refractivity contribution in [1.82, 2.24) is 4.90 Å². The first kappa shape index (κ1) is 11.8. The van der Waals surface area contributed by atoms with Crippen LogP contribution in [-0.4, -0.2) is 17.9 Å². The predicted octanol–water partition coefficient (Wildman–Crippen LogP) is 2.45. The zero-order valence-corrected chi connectivity index (χ0v) is 9.49. The fourth-order valence-electron chi connectivity index (χ4n) is 2.05. The molecule has 0 aromatic rings. The second-order valence-corrected chi connectivity index (χ2v) is 4.03. The van der Waals surface area contributed by atoms with E-state index in [1.807, 2.05) is 7.05 Å². The summed E-state index contributed by atoms with van der Waals surface area (Å²) in [6, 6.07) is 2.17. The molecule has 0 aromatic heterocycles. The van der Waals surface area contributed by atoms with Gasteiger partial charge in [0.2, 0.25) is 5.91 Å². The summed E-state index contributed by atoms with van der Waals surface area (Å²) in [6.45, 7) is 1.58. The first-order chi connectivity index (χ1) is 7.16. The fraction of sp³-hybridized carbons (Fsp3) is 0.667. The Morgan fingerprint density at radius 1 is 1.73 bits per heavy atom. The Morgan fingerprint density at radius 3 is 3.07 bits per heavy atom. The molecule has 1 atom stereocenters. The van der Waals surface area contributed by atoms with Gasteiger partial charge in [0, 0.05) is 26.1 Å². The molecule has 1 amide bonds. The van der Waals surface area contributed by atoms with E-state index in [0.29, 0.717) is 12.3 Å². The molecule has 0 radical (unpaired) electrons. The van der Waals surface area contributed by atoms with Gasteiger partial charge < -0.3 is 4.90 Å². The second kappa shape index (κ2) is 5.55. The highest BCUT2D eigenvalue weighted by atomic mass is 16.2. The van der Waals surface area contributed by atoms with Gasteiger partial charge in [-0.05, 0) is 31.6 Å². The average molecular weight is 206 g/mol. The van der Waals surface area contributed by atoms with E-state index in [0.717, 1.165) is 25.0 Å². The third-order valence-corrected chi connectivity index (χ3v) is 2.99. The molecule has 1 unspecified atom stereocenters. The van der Waals surface area contributed by atoms with Gasteiger partial charge in [0.15, 0.2) is 0 Å². The van der Waals surface area contributed by atoms with Gasteiger partial charge in [-0.25, -0.2) is 0 Å². The number of hydrogen-bond acceptors (Lipinski definition) is 2. The minimum Gasteiger partial charge on any atom is -0.320 e. The summed E-state index contributed by atoms with van der Waals surface area (Å²) < 4.78 is 0. The molecule has 15 heavy (non-hydrogen) atoms. The maximum absolute atomic E-state index is 11.3. The van der Waals surface area contributed by atoms with Gasteiger partial charge in [0.05, 0.1) is 6.07 Å². The third-order valence-electron chi connectivity index (χ3n) is 2.99. The van der Waals surface area contributed by atoms with Crippen LogP contribution >= 0.6 is 0 Å². The number of nitrogens with zero attached hydrogens (tertiary/aromatic N) is 2. The summed E-state index contributed by atoms with van der Waals surface area (Å²) in [6.07, 6.45) is 6.92. The third kappa shape index (κ3) is 3.09. The average Bonchev–Trinajstić information content (AvgIpc) is 2.25. The second-order valence-electron chi connectivity index (χ2n) is 4.03. The Hall–Kier alpha value is -1.30. The lowest BCUT2D eigenvalue weighted by atomic mass is 9.88. The number of amides is 1. The van der Waals surface area contributed by atoms with Crippen LogP contribution in [-0.2, 0) is 4.79 Å². The molecule has 0 spiro atoms. The van der Waals surface area contributed by atoms with Gasteiger partial charge in [-0.3, -0.25) is 4.79 Å². The molecule has 1 aliphatic rings. The largest absolute Gasteiger partial charge is 0.320 e. The zero-order chi connectivity index (χ0) is 11.3. The number of allylic oxidation sites excluding steroid dienone is 2. The van der Waals surface area contributed by atoms with E-state index in [1.54, 1.807) is 11.8 Å². The smallest absolute Gasteiger partial charge is 0.223 e. The molecule has 1 rings (SSSR count). The number of hydrogen-bond donors (Lipinski definition) is 0. The Morgan fingerprint density at radius 2 is 2.47 bits per heavy atom. The Labute approximate surface area is 91.4 Å². The predicted molar refractivity (Wildman–Crippen MR) is 58.7 cm³/mol. The van der Waals surface area contributed by atoms with E-state index < -0.39 is 0 Å². The van der Waals surface area contributed by atoms with Crippen molar-refractivity contribution < 1.29 is 4.79 Å². The molecule has 0 saturated heterocycles. The van der Waals surface area contributed by atoms with Crippen molar-refractivity contribution in [3.8, 4) is 6.07 Å². The zero-order valence-electron chi connectivity index (χ0n) is 9.49. The maximum atomic E-state index is 11.3. The Balaban J connectivity index is 2.69. The first-order valence-corrected chi connectivity index (χ1v) is 5.48. The monoisotopic (exact) mass is 206 g/mol. The number of carbonyl (C=O) groups is 1. The highest BCUT2D eigenvalue weighted by molar-refractivity contribution is 5.75. The van der Waals surface area contributed by atoms with Crippen molar-refractivity contribution in [2.24, 2.45) is 5.92 Å². The van der Waals surface area contributed by atoms with Gasteiger partial charge >= 0.3 is 0 Å². The summed E-state index contributed by atoms with van der Waals surface area (Å²) in [5, 5.41) is 8.58. The molecule has 3 nitrogen and oxygen atoms in total. The van der Waals surface area contributed by atoms with Gasteiger partial charge in [0.25, 0.3) is 0 Å². The van der Waals surface area contributed by atoms with Crippen LogP contribution in [0.25, 0.3) is 0 Å². The molecule has 82 valence electrons. The van der Waals surface area contributed by atoms with Gasteiger partial charge in [-0.1, -0.05) is 6.08 Å². The summed E-state index contributed by atoms with van der Waals surface area (Å²) in [7, 11) is 1.82. The maximum Gasteiger partial charge on any atom is 0.223 e. The minimum atomic E-state index is 0.0742. The molecule has 1 aliphatic carbocycles. The SMILES string of the molecule is CC(=O)N(C)C1=CCCCC1CCC#N. The van der Waals surface area contributed by atoms with Crippen LogP contribution in [0.15, 0.2) is 11.8 Å². The molecule has 0 saturated carbocycles. The summed E-state index contributed by atoms with van der Waals surface area (Å²) in [4.78, 5) is 13.0. The van der Waals surface area contributed by atoms with Crippen LogP contribution < -0.4 is 0 Å². The van der Waals surface area contributed by atoms with Crippen molar-refractivity contribution in [3.63, 3.8) is 0 Å². The summed E-state index contributed by atoms with van der Waals surface area (Å²) in [5.41, 5.74) is 1.11. The van der Waals surface area contributed by atoms with Crippen molar-refractivity contribution in [1.29, 1.82) is 5.26 Å². The van der Waals surface area contributed by atoms with Gasteiger partial charge in [-0.2, -0.15) is 5.26 Å². The Bertz CT molecular complexity index is 301. The number of carbonyl (C=O) groups excluding carboxylic acids is 1. The molecule has 3 heteroatoms. The standard InChI is InChI=1S/C12H18N2O/c1-10(15)14(2)12-8-4-3-6-11(12)7-5-9-13/h8,11H,3-7H2,1-2H3. The van der Waals surface area contributed by atoms with Crippen molar-refractivity contribution in [3.05, 3.63) is 11.8 Å². The van der Waals surface area contributed by atoms with E-state index in [-0.39, 0.29) is 5.91 Å². The van der Waals surface area contributed by atoms with Crippen molar-refractivity contribution in [2.75, 3.05) is 7.05 Å². The van der Waals surface area contributed by atoms with Crippen LogP contribution in [0.1, 0.15) is 39.0 Å². The highest BCUT2D eigenvalue weighted by Crippen LogP contribution is 2.30. The van der Waals surface area contributed by atoms with Crippen LogP contribution in [0.5, 0.6) is 0 Å². The number of rotatable bonds is 3. The van der Waals surface area contributed by atoms with E-state index in [1.165, 1.54) is 6.42 Å². The normalized spacial score (nSPS) is 20.3. The number of nitriles is 1. The molecule has 0 fully saturated rings. The lowest BCUT2D eigenvalue weighted by molar-refractivity contribution is -0.126. The van der Waals surface area contributed by atoms with Crippen LogP contribution in [0.4, 0.5) is 0 Å². The summed E-state index contributed by atoms with van der Waals surface area (Å²) in [5.74, 6) is 0.470. The quantitative estimate of drug-likeness (QED) is 0.712. The van der Waals surface area contributed by atoms with Crippen LogP contribution in [0.3, 0.4) is 0 Å². The fourth-order valence-corrected chi connectivity index (χ4v) is 2.05. The van der Waals surface area contributed by atoms with E-state index >= 15 is 0 Å². The highest BCUT2D eigenvalue weighted by Gasteiger charge is 2.22. The molecular formula is C12H18N2O.